The van der Waals surface area contributed by atoms with E-state index in [2.05, 4.69) is 21.3 Å². The molecular formula is C24H38N6O7. The Labute approximate surface area is 216 Å². The third-order valence-corrected chi connectivity index (χ3v) is 4.96. The van der Waals surface area contributed by atoms with E-state index in [9.17, 15) is 24.0 Å². The second-order valence-corrected chi connectivity index (χ2v) is 8.92. The highest BCUT2D eigenvalue weighted by Crippen LogP contribution is 2.12. The Bertz CT molecular complexity index is 921. The largest absolute Gasteiger partial charge is 0.462 e. The Morgan fingerprint density at radius 2 is 1.59 bits per heavy atom. The van der Waals surface area contributed by atoms with Crippen LogP contribution in [0.2, 0.25) is 0 Å². The first-order valence-corrected chi connectivity index (χ1v) is 12.0. The van der Waals surface area contributed by atoms with Gasteiger partial charge in [-0.1, -0.05) is 26.0 Å². The molecule has 0 spiro atoms. The highest BCUT2D eigenvalue weighted by atomic mass is 16.6. The number of nitrogens with two attached hydrogens (primary N) is 2. The van der Waals surface area contributed by atoms with E-state index in [1.165, 1.54) is 0 Å². The molecule has 2 atom stereocenters. The molecule has 0 aliphatic rings. The number of alkyl carbamates (subject to hydrolysis) is 1. The number of hydrogen-bond acceptors (Lipinski definition) is 8. The van der Waals surface area contributed by atoms with Gasteiger partial charge in [0.05, 0.1) is 12.1 Å². The molecule has 0 heterocycles. The lowest BCUT2D eigenvalue weighted by molar-refractivity contribution is -0.146. The normalized spacial score (nSPS) is 12.3. The van der Waals surface area contributed by atoms with Crippen LogP contribution in [0, 0.1) is 5.92 Å². The van der Waals surface area contributed by atoms with Crippen molar-refractivity contribution < 1.29 is 33.4 Å². The van der Waals surface area contributed by atoms with Crippen molar-refractivity contribution in [2.75, 3.05) is 18.4 Å². The quantitative estimate of drug-likeness (QED) is 0.151. The zero-order valence-electron chi connectivity index (χ0n) is 21.7. The molecule has 1 rings (SSSR count). The maximum absolute atomic E-state index is 12.9. The van der Waals surface area contributed by atoms with Crippen LogP contribution in [0.1, 0.15) is 46.1 Å². The van der Waals surface area contributed by atoms with E-state index in [0.717, 1.165) is 0 Å². The predicted molar refractivity (Wildman–Crippen MR) is 136 cm³/mol. The number of anilines is 1. The number of ether oxygens (including phenoxy) is 2. The number of carbonyl (C=O) groups is 5. The number of rotatable bonds is 14. The van der Waals surface area contributed by atoms with Crippen LogP contribution in [0.5, 0.6) is 0 Å². The monoisotopic (exact) mass is 522 g/mol. The lowest BCUT2D eigenvalue weighted by Gasteiger charge is -2.22. The number of nitrogens with one attached hydrogen (secondary N) is 4. The molecule has 0 aliphatic heterocycles. The molecule has 0 saturated carbocycles. The van der Waals surface area contributed by atoms with Crippen molar-refractivity contribution in [2.24, 2.45) is 17.4 Å². The van der Waals surface area contributed by atoms with Gasteiger partial charge in [0.15, 0.2) is 0 Å². The van der Waals surface area contributed by atoms with E-state index >= 15 is 0 Å². The van der Waals surface area contributed by atoms with Gasteiger partial charge >= 0.3 is 18.1 Å². The van der Waals surface area contributed by atoms with Gasteiger partial charge in [0.25, 0.3) is 0 Å². The van der Waals surface area contributed by atoms with Crippen LogP contribution in [0.4, 0.5) is 15.3 Å². The first kappa shape index (κ1) is 31.2. The molecule has 5 amide bonds. The fourth-order valence-electron chi connectivity index (χ4n) is 2.92. The van der Waals surface area contributed by atoms with Crippen molar-refractivity contribution in [1.29, 1.82) is 0 Å². The first-order valence-electron chi connectivity index (χ1n) is 12.0. The van der Waals surface area contributed by atoms with Crippen molar-refractivity contribution in [3.8, 4) is 0 Å². The van der Waals surface area contributed by atoms with Crippen LogP contribution >= 0.6 is 0 Å². The number of hydrogen-bond donors (Lipinski definition) is 6. The summed E-state index contributed by atoms with van der Waals surface area (Å²) in [5, 5.41) is 10.1. The summed E-state index contributed by atoms with van der Waals surface area (Å²) in [6.07, 6.45) is -0.422. The summed E-state index contributed by atoms with van der Waals surface area (Å²) in [6, 6.07) is 4.17. The third-order valence-electron chi connectivity index (χ3n) is 4.96. The standard InChI is InChI=1S/C24H38N6O7/c1-14(2)20(25)22(33)30-18(6-5-11-27-23(26)34)21(32)29-17-9-7-16(8-10-17)13-36-24(35)28-12-19(31)37-15(3)4/h7-10,14-15,18,20H,5-6,11-13,25H2,1-4H3,(H,28,35)(H,29,32)(H,30,33)(H3,26,27,34)/t18-,20?/m0/s1. The minimum atomic E-state index is -0.888. The minimum absolute atomic E-state index is 0.0576. The Balaban J connectivity index is 2.65. The predicted octanol–water partition coefficient (Wildman–Crippen LogP) is 0.720. The average molecular weight is 523 g/mol. The van der Waals surface area contributed by atoms with Gasteiger partial charge in [-0.2, -0.15) is 0 Å². The van der Waals surface area contributed by atoms with Gasteiger partial charge in [-0.05, 0) is 50.3 Å². The van der Waals surface area contributed by atoms with Crippen LogP contribution in [0.15, 0.2) is 24.3 Å². The van der Waals surface area contributed by atoms with Crippen LogP contribution in [0.3, 0.4) is 0 Å². The number of primary amides is 1. The van der Waals surface area contributed by atoms with Gasteiger partial charge in [-0.25, -0.2) is 9.59 Å². The van der Waals surface area contributed by atoms with Gasteiger partial charge < -0.3 is 42.2 Å². The molecule has 8 N–H and O–H groups in total. The van der Waals surface area contributed by atoms with Crippen molar-refractivity contribution in [3.05, 3.63) is 29.8 Å². The van der Waals surface area contributed by atoms with Crippen LogP contribution in [0.25, 0.3) is 0 Å². The number of carbonyl (C=O) groups excluding carboxylic acids is 5. The molecule has 13 nitrogen and oxygen atoms in total. The van der Waals surface area contributed by atoms with E-state index < -0.39 is 42.0 Å². The summed E-state index contributed by atoms with van der Waals surface area (Å²) < 4.78 is 9.97. The molecule has 0 aliphatic carbocycles. The van der Waals surface area contributed by atoms with Gasteiger partial charge in [0, 0.05) is 12.2 Å². The summed E-state index contributed by atoms with van der Waals surface area (Å²) in [6.45, 7) is 6.87. The van der Waals surface area contributed by atoms with Crippen LogP contribution < -0.4 is 32.7 Å². The molecule has 13 heteroatoms. The molecule has 0 bridgehead atoms. The molecule has 1 aromatic rings. The maximum atomic E-state index is 12.9. The summed E-state index contributed by atoms with van der Waals surface area (Å²) >= 11 is 0. The first-order chi connectivity index (χ1) is 17.4. The molecule has 206 valence electrons. The van der Waals surface area contributed by atoms with Crippen molar-refractivity contribution >= 4 is 35.6 Å². The molecule has 0 fully saturated rings. The summed E-state index contributed by atoms with van der Waals surface area (Å²) in [5.41, 5.74) is 12.0. The highest BCUT2D eigenvalue weighted by Gasteiger charge is 2.25. The second kappa shape index (κ2) is 16.0. The number of amides is 5. The van der Waals surface area contributed by atoms with E-state index in [0.29, 0.717) is 17.7 Å². The van der Waals surface area contributed by atoms with Crippen molar-refractivity contribution in [2.45, 2.75) is 65.3 Å². The number of benzene rings is 1. The van der Waals surface area contributed by atoms with Crippen LogP contribution in [-0.2, 0) is 30.5 Å². The topological polar surface area (TPSA) is 204 Å². The van der Waals surface area contributed by atoms with Gasteiger partial charge in [-0.3, -0.25) is 14.4 Å². The smallest absolute Gasteiger partial charge is 0.407 e. The lowest BCUT2D eigenvalue weighted by Crippen LogP contribution is -2.51. The number of urea groups is 1. The van der Waals surface area contributed by atoms with Gasteiger partial charge in [0.1, 0.15) is 19.2 Å². The summed E-state index contributed by atoms with van der Waals surface area (Å²) in [5.74, 6) is -1.61. The Kier molecular flexibility index (Phi) is 13.5. The van der Waals surface area contributed by atoms with E-state index in [4.69, 9.17) is 20.9 Å². The van der Waals surface area contributed by atoms with Crippen molar-refractivity contribution in [1.82, 2.24) is 16.0 Å². The SMILES string of the molecule is CC(C)OC(=O)CNC(=O)OCc1ccc(NC(=O)[C@H](CCCNC(N)=O)NC(=O)C(N)C(C)C)cc1. The maximum Gasteiger partial charge on any atom is 0.407 e. The summed E-state index contributed by atoms with van der Waals surface area (Å²) in [7, 11) is 0. The second-order valence-electron chi connectivity index (χ2n) is 8.92. The average Bonchev–Trinajstić information content (AvgIpc) is 2.82. The molecule has 1 unspecified atom stereocenters. The molecule has 0 aromatic heterocycles. The van der Waals surface area contributed by atoms with Crippen molar-refractivity contribution in [3.63, 3.8) is 0 Å². The zero-order chi connectivity index (χ0) is 28.0. The van der Waals surface area contributed by atoms with Crippen LogP contribution in [-0.4, -0.2) is 61.2 Å². The number of esters is 1. The molecule has 0 radical (unpaired) electrons. The van der Waals surface area contributed by atoms with E-state index in [1.807, 2.05) is 0 Å². The Morgan fingerprint density at radius 1 is 0.946 bits per heavy atom. The Hall–Kier alpha value is -3.87. The zero-order valence-corrected chi connectivity index (χ0v) is 21.7. The molecular weight excluding hydrogens is 484 g/mol. The lowest BCUT2D eigenvalue weighted by atomic mass is 10.0. The fourth-order valence-corrected chi connectivity index (χ4v) is 2.92. The minimum Gasteiger partial charge on any atom is -0.462 e. The summed E-state index contributed by atoms with van der Waals surface area (Å²) in [4.78, 5) is 59.3. The Morgan fingerprint density at radius 3 is 2.16 bits per heavy atom. The van der Waals surface area contributed by atoms with E-state index in [-0.39, 0.29) is 38.1 Å². The fraction of sp³-hybridized carbons (Fsp3) is 0.542. The molecule has 0 saturated heterocycles. The van der Waals surface area contributed by atoms with E-state index in [1.54, 1.807) is 52.0 Å². The molecule has 1 aromatic carbocycles. The van der Waals surface area contributed by atoms with Gasteiger partial charge in [0.2, 0.25) is 11.8 Å². The highest BCUT2D eigenvalue weighted by molar-refractivity contribution is 5.97. The van der Waals surface area contributed by atoms with Gasteiger partial charge in [-0.15, -0.1) is 0 Å². The molecule has 37 heavy (non-hydrogen) atoms. The third kappa shape index (κ3) is 13.1.